The molecule has 0 aliphatic carbocycles. The lowest BCUT2D eigenvalue weighted by Crippen LogP contribution is -2.28. The molecule has 3 aromatic rings. The first kappa shape index (κ1) is 13.3. The minimum atomic E-state index is 0.0534. The van der Waals surface area contributed by atoms with Gasteiger partial charge in [0.05, 0.1) is 12.1 Å². The summed E-state index contributed by atoms with van der Waals surface area (Å²) in [6, 6.07) is 12.1. The normalized spacial score (nSPS) is 20.2. The Labute approximate surface area is 133 Å². The summed E-state index contributed by atoms with van der Waals surface area (Å²) in [7, 11) is 0. The van der Waals surface area contributed by atoms with E-state index in [2.05, 4.69) is 26.4 Å². The molecule has 4 rings (SSSR count). The van der Waals surface area contributed by atoms with Gasteiger partial charge in [-0.2, -0.15) is 10.1 Å². The minimum absolute atomic E-state index is 0.0534. The van der Waals surface area contributed by atoms with Crippen molar-refractivity contribution in [1.82, 2.24) is 19.7 Å². The Morgan fingerprint density at radius 2 is 2.09 bits per heavy atom. The van der Waals surface area contributed by atoms with E-state index in [4.69, 9.17) is 11.6 Å². The van der Waals surface area contributed by atoms with Gasteiger partial charge in [-0.1, -0.05) is 35.9 Å². The highest BCUT2D eigenvalue weighted by Gasteiger charge is 2.30. The van der Waals surface area contributed by atoms with Crippen LogP contribution in [0.3, 0.4) is 0 Å². The maximum Gasteiger partial charge on any atom is 0.222 e. The molecule has 2 aromatic heterocycles. The zero-order valence-electron chi connectivity index (χ0n) is 11.7. The maximum absolute atomic E-state index is 6.39. The van der Waals surface area contributed by atoms with E-state index in [0.29, 0.717) is 0 Å². The number of hydrogen-bond donors (Lipinski definition) is 1. The number of benzene rings is 1. The van der Waals surface area contributed by atoms with E-state index >= 15 is 0 Å². The van der Waals surface area contributed by atoms with Crippen LogP contribution in [-0.2, 0) is 0 Å². The standard InChI is InChI=1S/C16H14ClN5/c17-13-6-2-1-5-12(13)15-8-14(11-4-3-7-18-9-11)21-16-19-10-20-22(15)16/h1-7,9-10,14-15H,8H2,(H,19,20,21)/t14-,15+/m0/s1. The van der Waals surface area contributed by atoms with E-state index in [1.807, 2.05) is 41.2 Å². The van der Waals surface area contributed by atoms with Crippen LogP contribution < -0.4 is 5.32 Å². The van der Waals surface area contributed by atoms with Crippen molar-refractivity contribution in [3.05, 3.63) is 71.3 Å². The van der Waals surface area contributed by atoms with Crippen molar-refractivity contribution >= 4 is 17.5 Å². The molecule has 22 heavy (non-hydrogen) atoms. The van der Waals surface area contributed by atoms with E-state index < -0.39 is 0 Å². The fourth-order valence-electron chi connectivity index (χ4n) is 2.92. The number of fused-ring (bicyclic) bond motifs is 1. The molecule has 0 saturated heterocycles. The van der Waals surface area contributed by atoms with Crippen LogP contribution in [0.25, 0.3) is 0 Å². The first-order valence-corrected chi connectivity index (χ1v) is 7.51. The van der Waals surface area contributed by atoms with Crippen molar-refractivity contribution in [1.29, 1.82) is 0 Å². The molecule has 0 spiro atoms. The summed E-state index contributed by atoms with van der Waals surface area (Å²) in [5.41, 5.74) is 2.19. The van der Waals surface area contributed by atoms with Gasteiger partial charge < -0.3 is 5.32 Å². The van der Waals surface area contributed by atoms with Crippen molar-refractivity contribution in [2.45, 2.75) is 18.5 Å². The second-order valence-corrected chi connectivity index (χ2v) is 5.69. The predicted molar refractivity (Wildman–Crippen MR) is 84.8 cm³/mol. The Kier molecular flexibility index (Phi) is 3.27. The van der Waals surface area contributed by atoms with Crippen LogP contribution in [0.5, 0.6) is 0 Å². The lowest BCUT2D eigenvalue weighted by Gasteiger charge is -2.32. The number of nitrogens with zero attached hydrogens (tertiary/aromatic N) is 4. The second-order valence-electron chi connectivity index (χ2n) is 5.28. The van der Waals surface area contributed by atoms with Gasteiger partial charge in [-0.25, -0.2) is 4.68 Å². The van der Waals surface area contributed by atoms with E-state index in [0.717, 1.165) is 28.5 Å². The predicted octanol–water partition coefficient (Wildman–Crippen LogP) is 3.47. The Bertz CT molecular complexity index is 786. The van der Waals surface area contributed by atoms with E-state index in [-0.39, 0.29) is 12.1 Å². The number of rotatable bonds is 2. The maximum atomic E-state index is 6.39. The van der Waals surface area contributed by atoms with Gasteiger partial charge in [-0.15, -0.1) is 0 Å². The van der Waals surface area contributed by atoms with Crippen LogP contribution >= 0.6 is 11.6 Å². The molecule has 0 fully saturated rings. The molecular formula is C16H14ClN5. The third-order valence-corrected chi connectivity index (χ3v) is 4.33. The molecule has 1 aliphatic heterocycles. The molecule has 0 amide bonds. The Balaban J connectivity index is 1.77. The van der Waals surface area contributed by atoms with Crippen LogP contribution in [0.15, 0.2) is 55.1 Å². The summed E-state index contributed by atoms with van der Waals surface area (Å²) >= 11 is 6.39. The van der Waals surface area contributed by atoms with Gasteiger partial charge in [0.2, 0.25) is 5.95 Å². The fourth-order valence-corrected chi connectivity index (χ4v) is 3.19. The summed E-state index contributed by atoms with van der Waals surface area (Å²) in [4.78, 5) is 8.53. The summed E-state index contributed by atoms with van der Waals surface area (Å²) in [5, 5.41) is 8.52. The molecule has 0 unspecified atom stereocenters. The lowest BCUT2D eigenvalue weighted by molar-refractivity contribution is 0.430. The molecule has 1 aliphatic rings. The highest BCUT2D eigenvalue weighted by Crippen LogP contribution is 2.39. The monoisotopic (exact) mass is 311 g/mol. The Morgan fingerprint density at radius 3 is 2.91 bits per heavy atom. The van der Waals surface area contributed by atoms with E-state index in [9.17, 15) is 0 Å². The zero-order valence-corrected chi connectivity index (χ0v) is 12.5. The highest BCUT2D eigenvalue weighted by molar-refractivity contribution is 6.31. The second kappa shape index (κ2) is 5.42. The van der Waals surface area contributed by atoms with Crippen molar-refractivity contribution in [3.63, 3.8) is 0 Å². The lowest BCUT2D eigenvalue weighted by atomic mass is 9.94. The average Bonchev–Trinajstić information content (AvgIpc) is 3.04. The van der Waals surface area contributed by atoms with Crippen LogP contribution in [-0.4, -0.2) is 19.7 Å². The van der Waals surface area contributed by atoms with Crippen molar-refractivity contribution < 1.29 is 0 Å². The van der Waals surface area contributed by atoms with Crippen LogP contribution in [0.2, 0.25) is 5.02 Å². The third kappa shape index (κ3) is 2.23. The van der Waals surface area contributed by atoms with Gasteiger partial charge in [0.1, 0.15) is 6.33 Å². The molecule has 1 aromatic carbocycles. The summed E-state index contributed by atoms with van der Waals surface area (Å²) in [6.07, 6.45) is 6.07. The number of anilines is 1. The van der Waals surface area contributed by atoms with Crippen molar-refractivity contribution in [3.8, 4) is 0 Å². The number of pyridine rings is 1. The Morgan fingerprint density at radius 1 is 1.18 bits per heavy atom. The topological polar surface area (TPSA) is 55.6 Å². The van der Waals surface area contributed by atoms with E-state index in [1.54, 1.807) is 12.5 Å². The molecule has 0 saturated carbocycles. The Hall–Kier alpha value is -2.40. The summed E-state index contributed by atoms with van der Waals surface area (Å²) in [6.45, 7) is 0. The first-order valence-electron chi connectivity index (χ1n) is 7.13. The van der Waals surface area contributed by atoms with Gasteiger partial charge in [0, 0.05) is 17.4 Å². The number of hydrogen-bond acceptors (Lipinski definition) is 4. The molecule has 0 bridgehead atoms. The molecule has 5 nitrogen and oxygen atoms in total. The molecule has 6 heteroatoms. The number of halogens is 1. The van der Waals surface area contributed by atoms with Crippen LogP contribution in [0.4, 0.5) is 5.95 Å². The molecule has 2 atom stereocenters. The van der Waals surface area contributed by atoms with Crippen molar-refractivity contribution in [2.75, 3.05) is 5.32 Å². The van der Waals surface area contributed by atoms with Gasteiger partial charge in [-0.05, 0) is 29.7 Å². The van der Waals surface area contributed by atoms with Crippen molar-refractivity contribution in [2.24, 2.45) is 0 Å². The molecular weight excluding hydrogens is 298 g/mol. The number of nitrogens with one attached hydrogen (secondary N) is 1. The van der Waals surface area contributed by atoms with E-state index in [1.165, 1.54) is 0 Å². The number of aromatic nitrogens is 4. The smallest absolute Gasteiger partial charge is 0.222 e. The van der Waals surface area contributed by atoms with Gasteiger partial charge >= 0.3 is 0 Å². The summed E-state index contributed by atoms with van der Waals surface area (Å²) < 4.78 is 1.90. The SMILES string of the molecule is Clc1ccccc1[C@H]1C[C@@H](c2cccnc2)Nc2ncnn21. The first-order chi connectivity index (χ1) is 10.8. The average molecular weight is 312 g/mol. The van der Waals surface area contributed by atoms with Gasteiger partial charge in [0.25, 0.3) is 0 Å². The molecule has 1 N–H and O–H groups in total. The third-order valence-electron chi connectivity index (χ3n) is 3.98. The van der Waals surface area contributed by atoms with Crippen LogP contribution in [0, 0.1) is 0 Å². The largest absolute Gasteiger partial charge is 0.347 e. The quantitative estimate of drug-likeness (QED) is 0.787. The molecule has 0 radical (unpaired) electrons. The molecule has 3 heterocycles. The van der Waals surface area contributed by atoms with Crippen LogP contribution in [0.1, 0.15) is 29.6 Å². The molecule has 110 valence electrons. The highest BCUT2D eigenvalue weighted by atomic mass is 35.5. The van der Waals surface area contributed by atoms with Gasteiger partial charge in [0.15, 0.2) is 0 Å². The fraction of sp³-hybridized carbons (Fsp3) is 0.188. The summed E-state index contributed by atoms with van der Waals surface area (Å²) in [5.74, 6) is 0.755. The van der Waals surface area contributed by atoms with Gasteiger partial charge in [-0.3, -0.25) is 4.98 Å². The zero-order chi connectivity index (χ0) is 14.9. The minimum Gasteiger partial charge on any atom is -0.347 e.